The first-order valence-electron chi connectivity index (χ1n) is 6.41. The zero-order chi connectivity index (χ0) is 14.8. The normalized spacial score (nSPS) is 17.6. The topological polar surface area (TPSA) is 32.5 Å². The van der Waals surface area contributed by atoms with Crippen molar-refractivity contribution in [3.8, 4) is 0 Å². The minimum atomic E-state index is -4.14. The highest BCUT2D eigenvalue weighted by molar-refractivity contribution is 6.33. The summed E-state index contributed by atoms with van der Waals surface area (Å²) in [6, 6.07) is 5.58. The number of hydrogen-bond acceptors (Lipinski definition) is 3. The molecule has 0 aromatic heterocycles. The second-order valence-corrected chi connectivity index (χ2v) is 5.28. The zero-order valence-electron chi connectivity index (χ0n) is 11.0. The molecule has 0 atom stereocenters. The molecule has 7 heteroatoms. The van der Waals surface area contributed by atoms with Crippen LogP contribution in [0.2, 0.25) is 5.02 Å². The van der Waals surface area contributed by atoms with Crippen LogP contribution in [0.15, 0.2) is 18.2 Å². The van der Waals surface area contributed by atoms with E-state index in [-0.39, 0.29) is 0 Å². The Morgan fingerprint density at radius 3 is 2.30 bits per heavy atom. The number of benzene rings is 1. The number of anilines is 1. The molecule has 0 aliphatic carbocycles. The Hall–Kier alpha value is -0.980. The molecular weight excluding hydrogens is 291 g/mol. The molecule has 1 saturated heterocycles. The number of halogens is 4. The van der Waals surface area contributed by atoms with Gasteiger partial charge in [-0.05, 0) is 17.7 Å². The Morgan fingerprint density at radius 1 is 1.15 bits per heavy atom. The summed E-state index contributed by atoms with van der Waals surface area (Å²) in [5, 5.41) is 0.595. The third kappa shape index (κ3) is 4.01. The van der Waals surface area contributed by atoms with Gasteiger partial charge in [0.05, 0.1) is 17.3 Å². The molecule has 2 N–H and O–H groups in total. The summed E-state index contributed by atoms with van der Waals surface area (Å²) in [6.45, 7) is 1.42. The standard InChI is InChI=1S/C13H17ClF3N3/c14-11-7-10(8-18)1-2-12(11)20-5-3-19(4-6-20)9-13(15,16)17/h1-2,7H,3-6,8-9,18H2. The van der Waals surface area contributed by atoms with Gasteiger partial charge in [0.25, 0.3) is 0 Å². The summed E-state index contributed by atoms with van der Waals surface area (Å²) in [6.07, 6.45) is -4.14. The number of rotatable bonds is 3. The van der Waals surface area contributed by atoms with Crippen LogP contribution >= 0.6 is 11.6 Å². The number of nitrogens with zero attached hydrogens (tertiary/aromatic N) is 2. The molecular formula is C13H17ClF3N3. The Bertz CT molecular complexity index is 457. The first kappa shape index (κ1) is 15.4. The van der Waals surface area contributed by atoms with Crippen molar-refractivity contribution in [3.05, 3.63) is 28.8 Å². The van der Waals surface area contributed by atoms with Crippen LogP contribution in [-0.2, 0) is 6.54 Å². The first-order valence-corrected chi connectivity index (χ1v) is 6.79. The van der Waals surface area contributed by atoms with Crippen LogP contribution in [-0.4, -0.2) is 43.8 Å². The van der Waals surface area contributed by atoms with Gasteiger partial charge >= 0.3 is 6.18 Å². The van der Waals surface area contributed by atoms with Crippen molar-refractivity contribution in [2.24, 2.45) is 5.73 Å². The van der Waals surface area contributed by atoms with Gasteiger partial charge in [0.2, 0.25) is 0 Å². The maximum atomic E-state index is 12.3. The fourth-order valence-corrected chi connectivity index (χ4v) is 2.66. The average Bonchev–Trinajstić information content (AvgIpc) is 2.38. The third-order valence-corrected chi connectivity index (χ3v) is 3.67. The van der Waals surface area contributed by atoms with E-state index in [1.165, 1.54) is 4.90 Å². The van der Waals surface area contributed by atoms with E-state index >= 15 is 0 Å². The van der Waals surface area contributed by atoms with Crippen LogP contribution in [0, 0.1) is 0 Å². The summed E-state index contributed by atoms with van der Waals surface area (Å²) in [5.74, 6) is 0. The lowest BCUT2D eigenvalue weighted by atomic mass is 10.1. The molecule has 0 saturated carbocycles. The number of alkyl halides is 3. The van der Waals surface area contributed by atoms with E-state index in [4.69, 9.17) is 17.3 Å². The summed E-state index contributed by atoms with van der Waals surface area (Å²) in [4.78, 5) is 3.42. The van der Waals surface area contributed by atoms with Crippen LogP contribution in [0.4, 0.5) is 18.9 Å². The molecule has 1 aliphatic heterocycles. The van der Waals surface area contributed by atoms with Crippen molar-refractivity contribution in [3.63, 3.8) is 0 Å². The van der Waals surface area contributed by atoms with Gasteiger partial charge in [-0.25, -0.2) is 0 Å². The minimum Gasteiger partial charge on any atom is -0.368 e. The van der Waals surface area contributed by atoms with E-state index in [0.717, 1.165) is 11.3 Å². The number of hydrogen-bond donors (Lipinski definition) is 1. The van der Waals surface area contributed by atoms with E-state index in [1.54, 1.807) is 6.07 Å². The second-order valence-electron chi connectivity index (χ2n) is 4.87. The Labute approximate surface area is 121 Å². The zero-order valence-corrected chi connectivity index (χ0v) is 11.7. The molecule has 2 rings (SSSR count). The van der Waals surface area contributed by atoms with Gasteiger partial charge in [-0.3, -0.25) is 4.90 Å². The largest absolute Gasteiger partial charge is 0.401 e. The van der Waals surface area contributed by atoms with Gasteiger partial charge in [0, 0.05) is 32.7 Å². The van der Waals surface area contributed by atoms with Crippen molar-refractivity contribution < 1.29 is 13.2 Å². The highest BCUT2D eigenvalue weighted by atomic mass is 35.5. The van der Waals surface area contributed by atoms with E-state index < -0.39 is 12.7 Å². The minimum absolute atomic E-state index is 0.383. The molecule has 1 fully saturated rings. The molecule has 1 heterocycles. The van der Waals surface area contributed by atoms with Crippen LogP contribution in [0.1, 0.15) is 5.56 Å². The number of piperazine rings is 1. The van der Waals surface area contributed by atoms with Crippen LogP contribution in [0.3, 0.4) is 0 Å². The molecule has 1 aromatic rings. The van der Waals surface area contributed by atoms with Gasteiger partial charge in [-0.1, -0.05) is 17.7 Å². The Morgan fingerprint density at radius 2 is 1.80 bits per heavy atom. The molecule has 0 unspecified atom stereocenters. The lowest BCUT2D eigenvalue weighted by Crippen LogP contribution is -2.49. The molecule has 112 valence electrons. The summed E-state index contributed by atoms with van der Waals surface area (Å²) in [5.41, 5.74) is 7.34. The Balaban J connectivity index is 1.97. The Kier molecular flexibility index (Phi) is 4.78. The van der Waals surface area contributed by atoms with Crippen LogP contribution in [0.25, 0.3) is 0 Å². The van der Waals surface area contributed by atoms with Crippen molar-refractivity contribution in [1.29, 1.82) is 0 Å². The first-order chi connectivity index (χ1) is 9.39. The third-order valence-electron chi connectivity index (χ3n) is 3.36. The van der Waals surface area contributed by atoms with E-state index in [2.05, 4.69) is 0 Å². The van der Waals surface area contributed by atoms with Gasteiger partial charge in [0.15, 0.2) is 0 Å². The van der Waals surface area contributed by atoms with Crippen LogP contribution in [0.5, 0.6) is 0 Å². The number of nitrogens with two attached hydrogens (primary N) is 1. The summed E-state index contributed by atoms with van der Waals surface area (Å²) < 4.78 is 37.0. The predicted octanol–water partition coefficient (Wildman–Crippen LogP) is 2.48. The van der Waals surface area contributed by atoms with Gasteiger partial charge < -0.3 is 10.6 Å². The molecule has 0 amide bonds. The molecule has 1 aliphatic rings. The van der Waals surface area contributed by atoms with Gasteiger partial charge in [0.1, 0.15) is 0 Å². The maximum absolute atomic E-state index is 12.3. The van der Waals surface area contributed by atoms with Crippen molar-refractivity contribution >= 4 is 17.3 Å². The molecule has 1 aromatic carbocycles. The van der Waals surface area contributed by atoms with Gasteiger partial charge in [-0.2, -0.15) is 13.2 Å². The van der Waals surface area contributed by atoms with Crippen molar-refractivity contribution in [1.82, 2.24) is 4.90 Å². The molecule has 0 spiro atoms. The van der Waals surface area contributed by atoms with E-state index in [9.17, 15) is 13.2 Å². The van der Waals surface area contributed by atoms with E-state index in [0.29, 0.717) is 37.7 Å². The summed E-state index contributed by atoms with van der Waals surface area (Å²) >= 11 is 6.19. The second kappa shape index (κ2) is 6.20. The highest BCUT2D eigenvalue weighted by Gasteiger charge is 2.32. The fraction of sp³-hybridized carbons (Fsp3) is 0.538. The van der Waals surface area contributed by atoms with Crippen molar-refractivity contribution in [2.75, 3.05) is 37.6 Å². The maximum Gasteiger partial charge on any atom is 0.401 e. The van der Waals surface area contributed by atoms with Crippen molar-refractivity contribution in [2.45, 2.75) is 12.7 Å². The predicted molar refractivity (Wildman–Crippen MR) is 74.1 cm³/mol. The quantitative estimate of drug-likeness (QED) is 0.931. The lowest BCUT2D eigenvalue weighted by molar-refractivity contribution is -0.146. The SMILES string of the molecule is NCc1ccc(N2CCN(CC(F)(F)F)CC2)c(Cl)c1. The molecule has 20 heavy (non-hydrogen) atoms. The fourth-order valence-electron chi connectivity index (χ4n) is 2.33. The molecule has 0 radical (unpaired) electrons. The summed E-state index contributed by atoms with van der Waals surface area (Å²) in [7, 11) is 0. The average molecular weight is 308 g/mol. The molecule has 0 bridgehead atoms. The van der Waals surface area contributed by atoms with Crippen LogP contribution < -0.4 is 10.6 Å². The monoisotopic (exact) mass is 307 g/mol. The van der Waals surface area contributed by atoms with E-state index in [1.807, 2.05) is 17.0 Å². The smallest absolute Gasteiger partial charge is 0.368 e. The lowest BCUT2D eigenvalue weighted by Gasteiger charge is -2.36. The highest BCUT2D eigenvalue weighted by Crippen LogP contribution is 2.28. The van der Waals surface area contributed by atoms with Gasteiger partial charge in [-0.15, -0.1) is 0 Å². The molecule has 3 nitrogen and oxygen atoms in total.